The molecule has 0 bridgehead atoms. The van der Waals surface area contributed by atoms with Gasteiger partial charge in [0.15, 0.2) is 0 Å². The second-order valence-electron chi connectivity index (χ2n) is 6.77. The number of carbonyl (C=O) groups excluding carboxylic acids is 1. The van der Waals surface area contributed by atoms with Gasteiger partial charge in [-0.1, -0.05) is 30.3 Å². The molecule has 1 aliphatic rings. The minimum Gasteiger partial charge on any atom is -0.466 e. The maximum Gasteiger partial charge on any atom is 0.220 e. The van der Waals surface area contributed by atoms with E-state index in [1.807, 2.05) is 37.3 Å². The van der Waals surface area contributed by atoms with E-state index in [1.165, 1.54) is 5.56 Å². The van der Waals surface area contributed by atoms with Gasteiger partial charge in [-0.25, -0.2) is 0 Å². The smallest absolute Gasteiger partial charge is 0.220 e. The Morgan fingerprint density at radius 3 is 2.80 bits per heavy atom. The Hall–Kier alpha value is -2.11. The van der Waals surface area contributed by atoms with E-state index in [0.29, 0.717) is 32.4 Å². The molecule has 3 rings (SSSR count). The fourth-order valence-electron chi connectivity index (χ4n) is 3.36. The minimum atomic E-state index is -0.322. The first kappa shape index (κ1) is 17.7. The van der Waals surface area contributed by atoms with Crippen LogP contribution in [0.4, 0.5) is 0 Å². The second kappa shape index (κ2) is 8.32. The van der Waals surface area contributed by atoms with Gasteiger partial charge in [0.1, 0.15) is 11.5 Å². The lowest BCUT2D eigenvalue weighted by atomic mass is 10.1. The van der Waals surface area contributed by atoms with Crippen LogP contribution in [-0.2, 0) is 17.8 Å². The number of hydrogen-bond acceptors (Lipinski definition) is 4. The van der Waals surface area contributed by atoms with Crippen molar-refractivity contribution in [2.75, 3.05) is 13.1 Å². The van der Waals surface area contributed by atoms with Crippen LogP contribution in [0.25, 0.3) is 0 Å². The van der Waals surface area contributed by atoms with Crippen LogP contribution in [0.5, 0.6) is 0 Å². The highest BCUT2D eigenvalue weighted by molar-refractivity contribution is 5.76. The fourth-order valence-corrected chi connectivity index (χ4v) is 3.36. The lowest BCUT2D eigenvalue weighted by Gasteiger charge is -2.24. The number of rotatable bonds is 7. The fraction of sp³-hybridized carbons (Fsp3) is 0.450. The highest BCUT2D eigenvalue weighted by atomic mass is 16.3. The third-order valence-electron chi connectivity index (χ3n) is 4.66. The molecule has 5 heteroatoms. The number of carbonyl (C=O) groups is 1. The summed E-state index contributed by atoms with van der Waals surface area (Å²) in [4.78, 5) is 14.3. The van der Waals surface area contributed by atoms with Gasteiger partial charge in [0.2, 0.25) is 5.91 Å². The van der Waals surface area contributed by atoms with Crippen LogP contribution in [0.15, 0.2) is 46.9 Å². The molecule has 0 aliphatic carbocycles. The molecule has 1 saturated heterocycles. The summed E-state index contributed by atoms with van der Waals surface area (Å²) in [5.74, 6) is 1.73. The van der Waals surface area contributed by atoms with Gasteiger partial charge in [-0.15, -0.1) is 0 Å². The largest absolute Gasteiger partial charge is 0.466 e. The van der Waals surface area contributed by atoms with Crippen LogP contribution in [0.2, 0.25) is 0 Å². The molecule has 0 radical (unpaired) electrons. The molecule has 134 valence electrons. The maximum atomic E-state index is 12.1. The van der Waals surface area contributed by atoms with Gasteiger partial charge in [-0.05, 0) is 31.0 Å². The van der Waals surface area contributed by atoms with Gasteiger partial charge in [-0.2, -0.15) is 0 Å². The molecule has 25 heavy (non-hydrogen) atoms. The normalized spacial score (nSPS) is 20.7. The average molecular weight is 342 g/mol. The van der Waals surface area contributed by atoms with Gasteiger partial charge < -0.3 is 14.8 Å². The number of β-amino-alcohol motifs (C(OH)–C–C–N with tert-alkyl or cyclic N) is 1. The van der Waals surface area contributed by atoms with Crippen molar-refractivity contribution in [3.05, 3.63) is 59.5 Å². The summed E-state index contributed by atoms with van der Waals surface area (Å²) >= 11 is 0. The molecule has 1 aromatic heterocycles. The highest BCUT2D eigenvalue weighted by Gasteiger charge is 2.30. The summed E-state index contributed by atoms with van der Waals surface area (Å²) in [6, 6.07) is 14.2. The Morgan fingerprint density at radius 1 is 1.28 bits per heavy atom. The molecule has 2 heterocycles. The van der Waals surface area contributed by atoms with Crippen LogP contribution in [-0.4, -0.2) is 41.1 Å². The highest BCUT2D eigenvalue weighted by Crippen LogP contribution is 2.20. The molecule has 1 aromatic carbocycles. The molecule has 2 atom stereocenters. The van der Waals surface area contributed by atoms with Crippen molar-refractivity contribution in [3.63, 3.8) is 0 Å². The van der Waals surface area contributed by atoms with Crippen LogP contribution in [0.3, 0.4) is 0 Å². The molecule has 1 amide bonds. The average Bonchev–Trinajstić information content (AvgIpc) is 3.17. The topological polar surface area (TPSA) is 65.7 Å². The third kappa shape index (κ3) is 5.18. The Balaban J connectivity index is 1.46. The van der Waals surface area contributed by atoms with Gasteiger partial charge in [0, 0.05) is 38.5 Å². The number of aryl methyl sites for hydroxylation is 2. The molecular formula is C20H26N2O3. The zero-order valence-corrected chi connectivity index (χ0v) is 14.6. The number of benzene rings is 1. The van der Waals surface area contributed by atoms with Crippen LogP contribution in [0.1, 0.15) is 29.9 Å². The summed E-state index contributed by atoms with van der Waals surface area (Å²) in [5, 5.41) is 13.0. The molecule has 5 nitrogen and oxygen atoms in total. The van der Waals surface area contributed by atoms with E-state index in [9.17, 15) is 9.90 Å². The molecule has 0 spiro atoms. The summed E-state index contributed by atoms with van der Waals surface area (Å²) in [5.41, 5.74) is 1.22. The number of aliphatic hydroxyl groups excluding tert-OH is 1. The van der Waals surface area contributed by atoms with Gasteiger partial charge in [0.05, 0.1) is 6.10 Å². The van der Waals surface area contributed by atoms with E-state index in [-0.39, 0.29) is 18.1 Å². The monoisotopic (exact) mass is 342 g/mol. The first-order valence-electron chi connectivity index (χ1n) is 8.88. The standard InChI is InChI=1S/C20H26N2O3/c1-15-7-8-19(25-15)9-10-20(24)21-12-17-11-18(23)14-22(17)13-16-5-3-2-4-6-16/h2-8,17-18,23H,9-14H2,1H3,(H,21,24). The zero-order valence-electron chi connectivity index (χ0n) is 14.6. The predicted octanol–water partition coefficient (Wildman–Crippen LogP) is 2.27. The Kier molecular flexibility index (Phi) is 5.89. The van der Waals surface area contributed by atoms with E-state index in [1.54, 1.807) is 0 Å². The second-order valence-corrected chi connectivity index (χ2v) is 6.77. The first-order valence-corrected chi connectivity index (χ1v) is 8.88. The van der Waals surface area contributed by atoms with Crippen LogP contribution < -0.4 is 5.32 Å². The van der Waals surface area contributed by atoms with Crippen LogP contribution >= 0.6 is 0 Å². The number of furan rings is 1. The molecule has 2 aromatic rings. The van der Waals surface area contributed by atoms with Gasteiger partial charge in [-0.3, -0.25) is 9.69 Å². The van der Waals surface area contributed by atoms with Crippen molar-refractivity contribution >= 4 is 5.91 Å². The van der Waals surface area contributed by atoms with E-state index in [0.717, 1.165) is 18.1 Å². The maximum absolute atomic E-state index is 12.1. The number of amides is 1. The lowest BCUT2D eigenvalue weighted by Crippen LogP contribution is -2.39. The number of nitrogens with zero attached hydrogens (tertiary/aromatic N) is 1. The summed E-state index contributed by atoms with van der Waals surface area (Å²) < 4.78 is 5.49. The minimum absolute atomic E-state index is 0.0232. The molecular weight excluding hydrogens is 316 g/mol. The van der Waals surface area contributed by atoms with Crippen molar-refractivity contribution in [1.29, 1.82) is 0 Å². The van der Waals surface area contributed by atoms with E-state index < -0.39 is 0 Å². The lowest BCUT2D eigenvalue weighted by molar-refractivity contribution is -0.121. The molecule has 2 N–H and O–H groups in total. The van der Waals surface area contributed by atoms with E-state index in [4.69, 9.17) is 4.42 Å². The molecule has 0 saturated carbocycles. The molecule has 1 aliphatic heterocycles. The number of nitrogens with one attached hydrogen (secondary N) is 1. The van der Waals surface area contributed by atoms with Gasteiger partial charge >= 0.3 is 0 Å². The summed E-state index contributed by atoms with van der Waals surface area (Å²) in [7, 11) is 0. The zero-order chi connectivity index (χ0) is 17.6. The SMILES string of the molecule is Cc1ccc(CCC(=O)NCC2CC(O)CN2Cc2ccccc2)o1. The Bertz CT molecular complexity index is 683. The van der Waals surface area contributed by atoms with Gasteiger partial charge in [0.25, 0.3) is 0 Å². The summed E-state index contributed by atoms with van der Waals surface area (Å²) in [6.07, 6.45) is 1.41. The summed E-state index contributed by atoms with van der Waals surface area (Å²) in [6.45, 7) is 3.92. The van der Waals surface area contributed by atoms with Crippen molar-refractivity contribution in [2.45, 2.75) is 44.9 Å². The van der Waals surface area contributed by atoms with Crippen molar-refractivity contribution in [1.82, 2.24) is 10.2 Å². The number of aliphatic hydroxyl groups is 1. The Labute approximate surface area is 148 Å². The first-order chi connectivity index (χ1) is 12.1. The third-order valence-corrected chi connectivity index (χ3v) is 4.66. The van der Waals surface area contributed by atoms with E-state index >= 15 is 0 Å². The quantitative estimate of drug-likeness (QED) is 0.810. The number of likely N-dealkylation sites (tertiary alicyclic amines) is 1. The predicted molar refractivity (Wildman–Crippen MR) is 96.0 cm³/mol. The molecule has 2 unspecified atom stereocenters. The van der Waals surface area contributed by atoms with Crippen LogP contribution in [0, 0.1) is 6.92 Å². The Morgan fingerprint density at radius 2 is 2.08 bits per heavy atom. The van der Waals surface area contributed by atoms with E-state index in [2.05, 4.69) is 22.3 Å². The van der Waals surface area contributed by atoms with Crippen molar-refractivity contribution in [2.24, 2.45) is 0 Å². The van der Waals surface area contributed by atoms with Crippen molar-refractivity contribution in [3.8, 4) is 0 Å². The number of hydrogen-bond donors (Lipinski definition) is 2. The van der Waals surface area contributed by atoms with Crippen molar-refractivity contribution < 1.29 is 14.3 Å². The molecule has 1 fully saturated rings.